The van der Waals surface area contributed by atoms with Crippen molar-refractivity contribution in [3.63, 3.8) is 0 Å². The molecule has 2 aromatic carbocycles. The molecule has 6 nitrogen and oxygen atoms in total. The molecule has 0 fully saturated rings. The van der Waals surface area contributed by atoms with Crippen LogP contribution in [-0.2, 0) is 22.5 Å². The number of nitrogens with one attached hydrogen (secondary N) is 1. The Morgan fingerprint density at radius 3 is 2.21 bits per heavy atom. The first-order chi connectivity index (χ1) is 13.7. The van der Waals surface area contributed by atoms with E-state index in [-0.39, 0.29) is 11.8 Å². The fraction of sp³-hybridized carbons (Fsp3) is 0.227. The number of rotatable bonds is 4. The van der Waals surface area contributed by atoms with E-state index in [4.69, 9.17) is 4.74 Å². The second-order valence-electron chi connectivity index (χ2n) is 6.79. The van der Waals surface area contributed by atoms with Gasteiger partial charge in [0.05, 0.1) is 25.3 Å². The summed E-state index contributed by atoms with van der Waals surface area (Å²) in [6, 6.07) is 19.6. The van der Waals surface area contributed by atoms with Crippen LogP contribution < -0.4 is 0 Å². The van der Waals surface area contributed by atoms with Crippen LogP contribution in [0.3, 0.4) is 0 Å². The number of esters is 1. The molecular weight excluding hydrogens is 354 g/mol. The van der Waals surface area contributed by atoms with Crippen LogP contribution >= 0.6 is 0 Å². The number of ether oxygens (including phenoxy) is 1. The number of hydrogen-bond acceptors (Lipinski definition) is 4. The maximum Gasteiger partial charge on any atom is 0.358 e. The lowest BCUT2D eigenvalue weighted by atomic mass is 9.89. The van der Waals surface area contributed by atoms with Crippen molar-refractivity contribution in [1.29, 1.82) is 0 Å². The normalized spacial score (nSPS) is 13.3. The van der Waals surface area contributed by atoms with Gasteiger partial charge < -0.3 is 9.64 Å². The third-order valence-electron chi connectivity index (χ3n) is 5.14. The van der Waals surface area contributed by atoms with Crippen molar-refractivity contribution >= 4 is 11.9 Å². The summed E-state index contributed by atoms with van der Waals surface area (Å²) < 4.78 is 4.79. The number of H-pyrrole nitrogens is 1. The minimum absolute atomic E-state index is 0.0391. The standard InChI is InChI=1S/C22H21N3O3/c1-28-22(27)20-17-12-13-25(14-18(17)23-24-20)21(26)19(15-8-4-2-5-9-15)16-10-6-3-7-11-16/h2-11,19H,12-14H2,1H3,(H,23,24). The van der Waals surface area contributed by atoms with Gasteiger partial charge in [0.2, 0.25) is 5.91 Å². The Morgan fingerprint density at radius 2 is 1.64 bits per heavy atom. The van der Waals surface area contributed by atoms with Gasteiger partial charge in [-0.1, -0.05) is 60.7 Å². The van der Waals surface area contributed by atoms with E-state index in [0.717, 1.165) is 22.4 Å². The lowest BCUT2D eigenvalue weighted by molar-refractivity contribution is -0.132. The Bertz CT molecular complexity index is 943. The molecule has 2 heterocycles. The van der Waals surface area contributed by atoms with Gasteiger partial charge in [-0.2, -0.15) is 5.10 Å². The lowest BCUT2D eigenvalue weighted by Crippen LogP contribution is -2.39. The Labute approximate surface area is 163 Å². The number of fused-ring (bicyclic) bond motifs is 1. The van der Waals surface area contributed by atoms with Crippen LogP contribution in [-0.4, -0.2) is 40.6 Å². The number of aromatic nitrogens is 2. The fourth-order valence-corrected chi connectivity index (χ4v) is 3.72. The van der Waals surface area contributed by atoms with Crippen molar-refractivity contribution in [2.45, 2.75) is 18.9 Å². The molecule has 0 unspecified atom stereocenters. The molecule has 142 valence electrons. The van der Waals surface area contributed by atoms with Crippen molar-refractivity contribution in [2.75, 3.05) is 13.7 Å². The van der Waals surface area contributed by atoms with Gasteiger partial charge in [0.25, 0.3) is 0 Å². The highest BCUT2D eigenvalue weighted by Crippen LogP contribution is 2.29. The summed E-state index contributed by atoms with van der Waals surface area (Å²) in [5, 5.41) is 6.99. The summed E-state index contributed by atoms with van der Waals surface area (Å²) >= 11 is 0. The quantitative estimate of drug-likeness (QED) is 0.712. The smallest absolute Gasteiger partial charge is 0.358 e. The lowest BCUT2D eigenvalue weighted by Gasteiger charge is -2.31. The van der Waals surface area contributed by atoms with Crippen molar-refractivity contribution in [3.8, 4) is 0 Å². The fourth-order valence-electron chi connectivity index (χ4n) is 3.72. The maximum atomic E-state index is 13.5. The minimum Gasteiger partial charge on any atom is -0.464 e. The summed E-state index contributed by atoms with van der Waals surface area (Å²) in [6.45, 7) is 0.930. The molecule has 1 aromatic heterocycles. The van der Waals surface area contributed by atoms with Crippen LogP contribution in [0.1, 0.15) is 38.8 Å². The molecule has 0 saturated carbocycles. The van der Waals surface area contributed by atoms with Crippen LogP contribution in [0.4, 0.5) is 0 Å². The molecule has 0 spiro atoms. The zero-order valence-electron chi connectivity index (χ0n) is 15.6. The Balaban J connectivity index is 1.64. The molecule has 28 heavy (non-hydrogen) atoms. The number of carbonyl (C=O) groups is 2. The van der Waals surface area contributed by atoms with Gasteiger partial charge in [0.15, 0.2) is 5.69 Å². The highest BCUT2D eigenvalue weighted by atomic mass is 16.5. The highest BCUT2D eigenvalue weighted by Gasteiger charge is 2.32. The largest absolute Gasteiger partial charge is 0.464 e. The van der Waals surface area contributed by atoms with E-state index in [1.54, 1.807) is 0 Å². The maximum absolute atomic E-state index is 13.5. The summed E-state index contributed by atoms with van der Waals surface area (Å²) in [5.41, 5.74) is 3.87. The first-order valence-electron chi connectivity index (χ1n) is 9.22. The van der Waals surface area contributed by atoms with Gasteiger partial charge >= 0.3 is 5.97 Å². The average molecular weight is 375 g/mol. The summed E-state index contributed by atoms with van der Waals surface area (Å²) in [4.78, 5) is 27.2. The topological polar surface area (TPSA) is 75.3 Å². The number of carbonyl (C=O) groups excluding carboxylic acids is 2. The van der Waals surface area contributed by atoms with Gasteiger partial charge in [-0.15, -0.1) is 0 Å². The van der Waals surface area contributed by atoms with E-state index in [1.807, 2.05) is 65.6 Å². The van der Waals surface area contributed by atoms with Crippen LogP contribution in [0.25, 0.3) is 0 Å². The molecule has 0 aliphatic carbocycles. The molecule has 1 amide bonds. The molecule has 1 N–H and O–H groups in total. The van der Waals surface area contributed by atoms with Crippen molar-refractivity contribution in [1.82, 2.24) is 15.1 Å². The Morgan fingerprint density at radius 1 is 1.04 bits per heavy atom. The molecule has 4 rings (SSSR count). The number of hydrogen-bond donors (Lipinski definition) is 1. The van der Waals surface area contributed by atoms with Gasteiger partial charge in [-0.05, 0) is 17.5 Å². The average Bonchev–Trinajstić information content (AvgIpc) is 3.18. The zero-order valence-corrected chi connectivity index (χ0v) is 15.6. The first kappa shape index (κ1) is 18.0. The number of nitrogens with zero attached hydrogens (tertiary/aromatic N) is 2. The minimum atomic E-state index is -0.455. The molecule has 3 aromatic rings. The third-order valence-corrected chi connectivity index (χ3v) is 5.14. The monoisotopic (exact) mass is 375 g/mol. The van der Waals surface area contributed by atoms with Gasteiger partial charge in [0, 0.05) is 12.1 Å². The summed E-state index contributed by atoms with van der Waals surface area (Å²) in [6.07, 6.45) is 0.568. The van der Waals surface area contributed by atoms with Crippen molar-refractivity contribution in [3.05, 3.63) is 88.7 Å². The molecule has 0 saturated heterocycles. The van der Waals surface area contributed by atoms with Crippen molar-refractivity contribution < 1.29 is 14.3 Å². The molecule has 0 atom stereocenters. The Hall–Kier alpha value is -3.41. The molecule has 1 aliphatic rings. The van der Waals surface area contributed by atoms with Crippen molar-refractivity contribution in [2.24, 2.45) is 0 Å². The second-order valence-corrected chi connectivity index (χ2v) is 6.79. The van der Waals surface area contributed by atoms with E-state index in [9.17, 15) is 9.59 Å². The predicted octanol–water partition coefficient (Wildman–Crippen LogP) is 2.91. The van der Waals surface area contributed by atoms with E-state index in [0.29, 0.717) is 25.2 Å². The number of amides is 1. The molecular formula is C22H21N3O3. The van der Waals surface area contributed by atoms with E-state index in [1.165, 1.54) is 7.11 Å². The molecule has 0 radical (unpaired) electrons. The van der Waals surface area contributed by atoms with Crippen LogP contribution in [0.15, 0.2) is 60.7 Å². The number of benzene rings is 2. The van der Waals surface area contributed by atoms with Crippen LogP contribution in [0, 0.1) is 0 Å². The van der Waals surface area contributed by atoms with E-state index in [2.05, 4.69) is 10.2 Å². The third kappa shape index (κ3) is 3.29. The van der Waals surface area contributed by atoms with Crippen LogP contribution in [0.5, 0.6) is 0 Å². The van der Waals surface area contributed by atoms with Gasteiger partial charge in [-0.3, -0.25) is 9.89 Å². The predicted molar refractivity (Wildman–Crippen MR) is 104 cm³/mol. The second kappa shape index (κ2) is 7.68. The van der Waals surface area contributed by atoms with Crippen LogP contribution in [0.2, 0.25) is 0 Å². The van der Waals surface area contributed by atoms with Gasteiger partial charge in [-0.25, -0.2) is 4.79 Å². The summed E-state index contributed by atoms with van der Waals surface area (Å²) in [7, 11) is 1.34. The number of aromatic amines is 1. The molecule has 6 heteroatoms. The zero-order chi connectivity index (χ0) is 19.5. The van der Waals surface area contributed by atoms with Gasteiger partial charge in [0.1, 0.15) is 0 Å². The highest BCUT2D eigenvalue weighted by molar-refractivity contribution is 5.90. The van der Waals surface area contributed by atoms with E-state index >= 15 is 0 Å². The summed E-state index contributed by atoms with van der Waals surface area (Å²) in [5.74, 6) is -0.784. The SMILES string of the molecule is COC(=O)c1n[nH]c2c1CCN(C(=O)C(c1ccccc1)c1ccccc1)C2. The molecule has 1 aliphatic heterocycles. The molecule has 0 bridgehead atoms. The first-order valence-corrected chi connectivity index (χ1v) is 9.22. The van der Waals surface area contributed by atoms with E-state index < -0.39 is 5.97 Å². The number of methoxy groups -OCH3 is 1. The Kier molecular flexibility index (Phi) is 4.93.